The third-order valence-electron chi connectivity index (χ3n) is 3.96. The van der Waals surface area contributed by atoms with E-state index in [4.69, 9.17) is 0 Å². The third-order valence-corrected chi connectivity index (χ3v) is 5.24. The summed E-state index contributed by atoms with van der Waals surface area (Å²) in [6.45, 7) is 15.6. The molecule has 1 atom stereocenters. The van der Waals surface area contributed by atoms with Crippen molar-refractivity contribution in [3.05, 3.63) is 24.9 Å². The van der Waals surface area contributed by atoms with Crippen molar-refractivity contribution in [3.63, 3.8) is 0 Å². The Morgan fingerprint density at radius 3 is 2.61 bits per heavy atom. The van der Waals surface area contributed by atoms with Crippen LogP contribution in [0.4, 0.5) is 0 Å². The summed E-state index contributed by atoms with van der Waals surface area (Å²) in [5, 5.41) is 6.85. The highest BCUT2D eigenvalue weighted by Crippen LogP contribution is 2.15. The molecule has 3 heteroatoms. The zero-order chi connectivity index (χ0) is 17.2. The van der Waals surface area contributed by atoms with Crippen molar-refractivity contribution < 1.29 is 0 Å². The standard InChI is InChI=1S/C20H40N2S/c1-5-7-14-21-16-13-20(4)22-15-10-12-19(3)11-8-9-18-23-17-6-2/h5,19,21-22H,1,4,6-18H2,2-3H3. The molecule has 0 aliphatic heterocycles. The fraction of sp³-hybridized carbons (Fsp3) is 0.800. The molecule has 0 aromatic carbocycles. The van der Waals surface area contributed by atoms with E-state index in [1.54, 1.807) is 0 Å². The van der Waals surface area contributed by atoms with Gasteiger partial charge in [0, 0.05) is 18.8 Å². The maximum absolute atomic E-state index is 4.10. The third kappa shape index (κ3) is 17.8. The average molecular weight is 341 g/mol. The molecule has 2 N–H and O–H groups in total. The minimum Gasteiger partial charge on any atom is -0.389 e. The number of unbranched alkanes of at least 4 members (excludes halogenated alkanes) is 1. The molecule has 23 heavy (non-hydrogen) atoms. The lowest BCUT2D eigenvalue weighted by molar-refractivity contribution is 0.453. The number of thioether (sulfide) groups is 1. The molecule has 0 saturated carbocycles. The highest BCUT2D eigenvalue weighted by Gasteiger charge is 2.02. The lowest BCUT2D eigenvalue weighted by Crippen LogP contribution is -2.21. The Bertz CT molecular complexity index is 279. The average Bonchev–Trinajstić information content (AvgIpc) is 2.54. The van der Waals surface area contributed by atoms with Gasteiger partial charge in [-0.15, -0.1) is 6.58 Å². The quantitative estimate of drug-likeness (QED) is 0.259. The van der Waals surface area contributed by atoms with Gasteiger partial charge in [0.15, 0.2) is 0 Å². The van der Waals surface area contributed by atoms with Gasteiger partial charge in [-0.25, -0.2) is 0 Å². The maximum atomic E-state index is 4.10. The van der Waals surface area contributed by atoms with Crippen molar-refractivity contribution in [1.29, 1.82) is 0 Å². The summed E-state index contributed by atoms with van der Waals surface area (Å²) in [5.41, 5.74) is 1.16. The first-order valence-corrected chi connectivity index (χ1v) is 10.7. The van der Waals surface area contributed by atoms with Gasteiger partial charge in [-0.2, -0.15) is 11.8 Å². The summed E-state index contributed by atoms with van der Waals surface area (Å²) in [5.74, 6) is 3.54. The Balaban J connectivity index is 3.31. The van der Waals surface area contributed by atoms with Crippen molar-refractivity contribution in [2.45, 2.75) is 65.2 Å². The summed E-state index contributed by atoms with van der Waals surface area (Å²) >= 11 is 2.11. The van der Waals surface area contributed by atoms with Crippen LogP contribution in [0.25, 0.3) is 0 Å². The van der Waals surface area contributed by atoms with Crippen LogP contribution in [-0.2, 0) is 0 Å². The van der Waals surface area contributed by atoms with Gasteiger partial charge in [0.25, 0.3) is 0 Å². The smallest absolute Gasteiger partial charge is 0.0143 e. The molecule has 1 unspecified atom stereocenters. The molecule has 0 bridgehead atoms. The molecule has 136 valence electrons. The Morgan fingerprint density at radius 2 is 1.87 bits per heavy atom. The Labute approximate surface area is 150 Å². The predicted molar refractivity (Wildman–Crippen MR) is 109 cm³/mol. The number of nitrogens with one attached hydrogen (secondary N) is 2. The minimum atomic E-state index is 0.863. The lowest BCUT2D eigenvalue weighted by atomic mass is 9.99. The van der Waals surface area contributed by atoms with Crippen LogP contribution in [0.3, 0.4) is 0 Å². The molecule has 0 fully saturated rings. The van der Waals surface area contributed by atoms with E-state index < -0.39 is 0 Å². The highest BCUT2D eigenvalue weighted by atomic mass is 32.2. The van der Waals surface area contributed by atoms with Crippen LogP contribution in [-0.4, -0.2) is 31.1 Å². The van der Waals surface area contributed by atoms with Crippen molar-refractivity contribution in [1.82, 2.24) is 10.6 Å². The summed E-state index contributed by atoms with van der Waals surface area (Å²) in [6, 6.07) is 0. The van der Waals surface area contributed by atoms with Gasteiger partial charge < -0.3 is 10.6 Å². The van der Waals surface area contributed by atoms with Gasteiger partial charge in [-0.1, -0.05) is 39.3 Å². The van der Waals surface area contributed by atoms with Crippen LogP contribution in [0.5, 0.6) is 0 Å². The zero-order valence-corrected chi connectivity index (χ0v) is 16.5. The molecule has 0 heterocycles. The van der Waals surface area contributed by atoms with Gasteiger partial charge in [-0.05, 0) is 62.5 Å². The van der Waals surface area contributed by atoms with Crippen molar-refractivity contribution in [2.75, 3.05) is 31.1 Å². The lowest BCUT2D eigenvalue weighted by Gasteiger charge is -2.13. The largest absolute Gasteiger partial charge is 0.389 e. The Hall–Kier alpha value is -0.410. The van der Waals surface area contributed by atoms with Crippen LogP contribution < -0.4 is 10.6 Å². The molecule has 0 radical (unpaired) electrons. The molecule has 0 aromatic heterocycles. The highest BCUT2D eigenvalue weighted by molar-refractivity contribution is 7.99. The molecular weight excluding hydrogens is 300 g/mol. The molecule has 0 saturated heterocycles. The fourth-order valence-corrected chi connectivity index (χ4v) is 3.36. The first-order valence-electron chi connectivity index (χ1n) is 9.51. The Kier molecular flexibility index (Phi) is 17.6. The van der Waals surface area contributed by atoms with Gasteiger partial charge in [0.05, 0.1) is 0 Å². The van der Waals surface area contributed by atoms with Gasteiger partial charge in [0.2, 0.25) is 0 Å². The molecular formula is C20H40N2S. The second-order valence-electron chi connectivity index (χ2n) is 6.46. The molecule has 0 aromatic rings. The van der Waals surface area contributed by atoms with Crippen LogP contribution in [0.1, 0.15) is 65.2 Å². The second-order valence-corrected chi connectivity index (χ2v) is 7.69. The van der Waals surface area contributed by atoms with E-state index in [2.05, 4.69) is 49.4 Å². The fourth-order valence-electron chi connectivity index (χ4n) is 2.46. The molecule has 0 spiro atoms. The van der Waals surface area contributed by atoms with Crippen molar-refractivity contribution in [2.24, 2.45) is 5.92 Å². The van der Waals surface area contributed by atoms with Gasteiger partial charge >= 0.3 is 0 Å². The van der Waals surface area contributed by atoms with Crippen LogP contribution >= 0.6 is 11.8 Å². The molecule has 2 nitrogen and oxygen atoms in total. The molecule has 0 amide bonds. The summed E-state index contributed by atoms with van der Waals surface area (Å²) in [7, 11) is 0. The van der Waals surface area contributed by atoms with E-state index in [0.717, 1.165) is 44.1 Å². The van der Waals surface area contributed by atoms with E-state index >= 15 is 0 Å². The maximum Gasteiger partial charge on any atom is 0.0143 e. The van der Waals surface area contributed by atoms with Crippen LogP contribution in [0, 0.1) is 5.92 Å². The van der Waals surface area contributed by atoms with Crippen LogP contribution in [0.2, 0.25) is 0 Å². The number of hydrogen-bond donors (Lipinski definition) is 2. The number of hydrogen-bond acceptors (Lipinski definition) is 3. The zero-order valence-electron chi connectivity index (χ0n) is 15.7. The summed E-state index contributed by atoms with van der Waals surface area (Å²) in [6.07, 6.45) is 12.1. The SMILES string of the molecule is C=CCCNCCC(=C)NCCCC(C)CCCCSCCC. The van der Waals surface area contributed by atoms with E-state index in [0.29, 0.717) is 0 Å². The van der Waals surface area contributed by atoms with Crippen LogP contribution in [0.15, 0.2) is 24.9 Å². The minimum absolute atomic E-state index is 0.863. The van der Waals surface area contributed by atoms with Crippen molar-refractivity contribution >= 4 is 11.8 Å². The molecule has 0 aliphatic carbocycles. The molecule has 0 rings (SSSR count). The monoisotopic (exact) mass is 340 g/mol. The first kappa shape index (κ1) is 22.6. The van der Waals surface area contributed by atoms with E-state index in [-0.39, 0.29) is 0 Å². The summed E-state index contributed by atoms with van der Waals surface area (Å²) < 4.78 is 0. The second kappa shape index (κ2) is 17.9. The molecule has 0 aliphatic rings. The van der Waals surface area contributed by atoms with Gasteiger partial charge in [0.1, 0.15) is 0 Å². The first-order chi connectivity index (χ1) is 11.2. The number of rotatable bonds is 18. The topological polar surface area (TPSA) is 24.1 Å². The predicted octanol–water partition coefficient (Wildman–Crippen LogP) is 5.38. The van der Waals surface area contributed by atoms with Gasteiger partial charge in [-0.3, -0.25) is 0 Å². The summed E-state index contributed by atoms with van der Waals surface area (Å²) in [4.78, 5) is 0. The van der Waals surface area contributed by atoms with E-state index in [1.165, 1.54) is 50.0 Å². The van der Waals surface area contributed by atoms with Crippen molar-refractivity contribution in [3.8, 4) is 0 Å². The van der Waals surface area contributed by atoms with E-state index in [1.807, 2.05) is 6.08 Å². The Morgan fingerprint density at radius 1 is 1.09 bits per heavy atom. The normalized spacial score (nSPS) is 12.1. The van der Waals surface area contributed by atoms with E-state index in [9.17, 15) is 0 Å².